The van der Waals surface area contributed by atoms with Gasteiger partial charge in [0.05, 0.1) is 7.11 Å². The van der Waals surface area contributed by atoms with Crippen molar-refractivity contribution in [3.05, 3.63) is 59.7 Å². The van der Waals surface area contributed by atoms with Gasteiger partial charge < -0.3 is 15.4 Å². The number of rotatable bonds is 7. The van der Waals surface area contributed by atoms with Gasteiger partial charge in [-0.15, -0.1) is 0 Å². The average molecular weight is 340 g/mol. The summed E-state index contributed by atoms with van der Waals surface area (Å²) in [5.41, 5.74) is 2.27. The van der Waals surface area contributed by atoms with E-state index in [2.05, 4.69) is 10.6 Å². The smallest absolute Gasteiger partial charge is 0.255 e. The predicted molar refractivity (Wildman–Crippen MR) is 99.0 cm³/mol. The third-order valence-corrected chi connectivity index (χ3v) is 3.63. The van der Waals surface area contributed by atoms with E-state index in [0.29, 0.717) is 29.8 Å². The van der Waals surface area contributed by atoms with Crippen molar-refractivity contribution in [2.45, 2.75) is 32.7 Å². The largest absolute Gasteiger partial charge is 0.497 e. The minimum absolute atomic E-state index is 0.0369. The summed E-state index contributed by atoms with van der Waals surface area (Å²) >= 11 is 0. The molecule has 2 rings (SSSR count). The summed E-state index contributed by atoms with van der Waals surface area (Å²) in [5.74, 6) is 0.542. The number of benzene rings is 2. The van der Waals surface area contributed by atoms with E-state index in [4.69, 9.17) is 4.74 Å². The first-order valence-electron chi connectivity index (χ1n) is 8.31. The third kappa shape index (κ3) is 5.95. The molecule has 0 unspecified atom stereocenters. The van der Waals surface area contributed by atoms with Crippen LogP contribution in [0.1, 0.15) is 36.2 Å². The first-order chi connectivity index (χ1) is 12.0. The standard InChI is InChI=1S/C20H24N2O3/c1-14(2)21-19(23)12-9-15-7-10-16(11-8-15)20(24)22-17-5-4-6-18(13-17)25-3/h4-8,10-11,13-14H,9,12H2,1-3H3,(H,21,23)(H,22,24). The van der Waals surface area contributed by atoms with Crippen molar-refractivity contribution in [1.82, 2.24) is 5.32 Å². The van der Waals surface area contributed by atoms with Crippen LogP contribution in [0, 0.1) is 0 Å². The number of aryl methyl sites for hydroxylation is 1. The monoisotopic (exact) mass is 340 g/mol. The molecule has 0 aliphatic heterocycles. The van der Waals surface area contributed by atoms with E-state index in [1.54, 1.807) is 25.3 Å². The van der Waals surface area contributed by atoms with Crippen molar-refractivity contribution in [3.8, 4) is 5.75 Å². The van der Waals surface area contributed by atoms with Crippen LogP contribution in [0.4, 0.5) is 5.69 Å². The summed E-state index contributed by atoms with van der Waals surface area (Å²) in [4.78, 5) is 24.0. The molecule has 0 atom stereocenters. The number of amides is 2. The van der Waals surface area contributed by atoms with E-state index in [0.717, 1.165) is 5.56 Å². The number of ether oxygens (including phenoxy) is 1. The van der Waals surface area contributed by atoms with Crippen LogP contribution in [0.15, 0.2) is 48.5 Å². The van der Waals surface area contributed by atoms with Gasteiger partial charge in [0.2, 0.25) is 5.91 Å². The fraction of sp³-hybridized carbons (Fsp3) is 0.300. The van der Waals surface area contributed by atoms with Gasteiger partial charge in [-0.3, -0.25) is 9.59 Å². The predicted octanol–water partition coefficient (Wildman–Crippen LogP) is 3.40. The van der Waals surface area contributed by atoms with Crippen LogP contribution >= 0.6 is 0 Å². The van der Waals surface area contributed by atoms with Crippen LogP contribution in [0.5, 0.6) is 5.75 Å². The van der Waals surface area contributed by atoms with Crippen LogP contribution in [-0.4, -0.2) is 25.0 Å². The van der Waals surface area contributed by atoms with E-state index < -0.39 is 0 Å². The summed E-state index contributed by atoms with van der Waals surface area (Å²) in [6, 6.07) is 14.7. The van der Waals surface area contributed by atoms with Gasteiger partial charge in [0.15, 0.2) is 0 Å². The van der Waals surface area contributed by atoms with E-state index >= 15 is 0 Å². The number of carbonyl (C=O) groups is 2. The molecule has 2 aromatic rings. The number of methoxy groups -OCH3 is 1. The zero-order chi connectivity index (χ0) is 18.2. The molecular weight excluding hydrogens is 316 g/mol. The third-order valence-electron chi connectivity index (χ3n) is 3.63. The number of anilines is 1. The fourth-order valence-corrected chi connectivity index (χ4v) is 2.38. The zero-order valence-corrected chi connectivity index (χ0v) is 14.8. The zero-order valence-electron chi connectivity index (χ0n) is 14.8. The topological polar surface area (TPSA) is 67.4 Å². The Hall–Kier alpha value is -2.82. The van der Waals surface area contributed by atoms with Gasteiger partial charge in [0.1, 0.15) is 5.75 Å². The molecule has 0 heterocycles. The maximum atomic E-state index is 12.3. The van der Waals surface area contributed by atoms with Crippen LogP contribution in [0.2, 0.25) is 0 Å². The summed E-state index contributed by atoms with van der Waals surface area (Å²) in [7, 11) is 1.58. The molecule has 0 saturated carbocycles. The van der Waals surface area contributed by atoms with Crippen molar-refractivity contribution >= 4 is 17.5 Å². The van der Waals surface area contributed by atoms with Gasteiger partial charge in [0.25, 0.3) is 5.91 Å². The quantitative estimate of drug-likeness (QED) is 0.812. The number of nitrogens with one attached hydrogen (secondary N) is 2. The molecule has 5 heteroatoms. The Balaban J connectivity index is 1.92. The van der Waals surface area contributed by atoms with Crippen LogP contribution in [-0.2, 0) is 11.2 Å². The normalized spacial score (nSPS) is 10.4. The lowest BCUT2D eigenvalue weighted by Crippen LogP contribution is -2.30. The second kappa shape index (κ2) is 8.87. The van der Waals surface area contributed by atoms with Crippen LogP contribution < -0.4 is 15.4 Å². The van der Waals surface area contributed by atoms with Gasteiger partial charge >= 0.3 is 0 Å². The maximum Gasteiger partial charge on any atom is 0.255 e. The molecule has 0 radical (unpaired) electrons. The van der Waals surface area contributed by atoms with E-state index in [1.165, 1.54) is 0 Å². The minimum atomic E-state index is -0.183. The molecule has 0 bridgehead atoms. The fourth-order valence-electron chi connectivity index (χ4n) is 2.38. The van der Waals surface area contributed by atoms with Gasteiger partial charge in [-0.05, 0) is 50.1 Å². The molecule has 0 fully saturated rings. The van der Waals surface area contributed by atoms with Crippen molar-refractivity contribution < 1.29 is 14.3 Å². The molecule has 2 N–H and O–H groups in total. The van der Waals surface area contributed by atoms with Gasteiger partial charge in [-0.1, -0.05) is 18.2 Å². The van der Waals surface area contributed by atoms with E-state index in [-0.39, 0.29) is 17.9 Å². The Bertz CT molecular complexity index is 724. The lowest BCUT2D eigenvalue weighted by molar-refractivity contribution is -0.121. The average Bonchev–Trinajstić information content (AvgIpc) is 2.60. The Labute approximate surface area is 148 Å². The summed E-state index contributed by atoms with van der Waals surface area (Å²) in [6.45, 7) is 3.88. The lowest BCUT2D eigenvalue weighted by Gasteiger charge is -2.09. The van der Waals surface area contributed by atoms with E-state index in [1.807, 2.05) is 44.2 Å². The van der Waals surface area contributed by atoms with Crippen LogP contribution in [0.3, 0.4) is 0 Å². The van der Waals surface area contributed by atoms with Crippen LogP contribution in [0.25, 0.3) is 0 Å². The lowest BCUT2D eigenvalue weighted by atomic mass is 10.1. The second-order valence-corrected chi connectivity index (χ2v) is 6.11. The Kier molecular flexibility index (Phi) is 6.57. The van der Waals surface area contributed by atoms with Crippen molar-refractivity contribution in [2.24, 2.45) is 0 Å². The number of hydrogen-bond acceptors (Lipinski definition) is 3. The first kappa shape index (κ1) is 18.5. The number of carbonyl (C=O) groups excluding carboxylic acids is 2. The Morgan fingerprint density at radius 1 is 1.08 bits per heavy atom. The highest BCUT2D eigenvalue weighted by Gasteiger charge is 2.08. The molecule has 2 amide bonds. The highest BCUT2D eigenvalue weighted by molar-refractivity contribution is 6.04. The molecule has 132 valence electrons. The molecule has 2 aromatic carbocycles. The highest BCUT2D eigenvalue weighted by atomic mass is 16.5. The van der Waals surface area contributed by atoms with E-state index in [9.17, 15) is 9.59 Å². The molecule has 0 spiro atoms. The van der Waals surface area contributed by atoms with Gasteiger partial charge in [-0.25, -0.2) is 0 Å². The molecular formula is C20H24N2O3. The minimum Gasteiger partial charge on any atom is -0.497 e. The molecule has 0 saturated heterocycles. The first-order valence-corrected chi connectivity index (χ1v) is 8.31. The molecule has 25 heavy (non-hydrogen) atoms. The highest BCUT2D eigenvalue weighted by Crippen LogP contribution is 2.17. The SMILES string of the molecule is COc1cccc(NC(=O)c2ccc(CCC(=O)NC(C)C)cc2)c1. The Morgan fingerprint density at radius 3 is 2.44 bits per heavy atom. The maximum absolute atomic E-state index is 12.3. The van der Waals surface area contributed by atoms with Crippen molar-refractivity contribution in [2.75, 3.05) is 12.4 Å². The van der Waals surface area contributed by atoms with Crippen molar-refractivity contribution in [3.63, 3.8) is 0 Å². The molecule has 5 nitrogen and oxygen atoms in total. The molecule has 0 aromatic heterocycles. The summed E-state index contributed by atoms with van der Waals surface area (Å²) < 4.78 is 5.14. The van der Waals surface area contributed by atoms with Gasteiger partial charge in [0, 0.05) is 29.8 Å². The Morgan fingerprint density at radius 2 is 1.80 bits per heavy atom. The second-order valence-electron chi connectivity index (χ2n) is 6.11. The van der Waals surface area contributed by atoms with Gasteiger partial charge in [-0.2, -0.15) is 0 Å². The number of hydrogen-bond donors (Lipinski definition) is 2. The summed E-state index contributed by atoms with van der Waals surface area (Å²) in [6.07, 6.45) is 1.09. The van der Waals surface area contributed by atoms with Crippen molar-refractivity contribution in [1.29, 1.82) is 0 Å². The molecule has 0 aliphatic carbocycles. The summed E-state index contributed by atoms with van der Waals surface area (Å²) in [5, 5.41) is 5.71. The molecule has 0 aliphatic rings.